The van der Waals surface area contributed by atoms with Crippen molar-refractivity contribution in [1.82, 2.24) is 9.88 Å². The SMILES string of the molecule is Cc1nc(-c2ccccc2)ccc1C(=O)Nc1ccc(N2CCN(C)CC2)cc1C(F)(F)F. The number of anilines is 2. The highest BCUT2D eigenvalue weighted by Crippen LogP contribution is 2.38. The molecule has 2 heterocycles. The molecule has 0 aliphatic carbocycles. The van der Waals surface area contributed by atoms with Crippen LogP contribution in [0.3, 0.4) is 0 Å². The number of aromatic nitrogens is 1. The van der Waals surface area contributed by atoms with Gasteiger partial charge in [-0.05, 0) is 44.3 Å². The van der Waals surface area contributed by atoms with E-state index in [0.717, 1.165) is 24.7 Å². The van der Waals surface area contributed by atoms with E-state index >= 15 is 0 Å². The summed E-state index contributed by atoms with van der Waals surface area (Å²) in [5, 5.41) is 2.44. The average Bonchev–Trinajstić information content (AvgIpc) is 2.79. The fraction of sp³-hybridized carbons (Fsp3) is 0.280. The fourth-order valence-corrected chi connectivity index (χ4v) is 3.90. The van der Waals surface area contributed by atoms with Gasteiger partial charge in [0.1, 0.15) is 0 Å². The molecule has 8 heteroatoms. The largest absolute Gasteiger partial charge is 0.418 e. The molecule has 0 spiro atoms. The normalized spacial score (nSPS) is 14.9. The van der Waals surface area contributed by atoms with E-state index < -0.39 is 17.6 Å². The van der Waals surface area contributed by atoms with Crippen LogP contribution in [0.1, 0.15) is 21.6 Å². The molecule has 0 radical (unpaired) electrons. The first-order valence-corrected chi connectivity index (χ1v) is 10.7. The Kier molecular flexibility index (Phi) is 6.37. The van der Waals surface area contributed by atoms with E-state index in [1.165, 1.54) is 6.07 Å². The van der Waals surface area contributed by atoms with Gasteiger partial charge in [0.2, 0.25) is 0 Å². The number of carbonyl (C=O) groups excluding carboxylic acids is 1. The lowest BCUT2D eigenvalue weighted by molar-refractivity contribution is -0.136. The highest BCUT2D eigenvalue weighted by molar-refractivity contribution is 6.05. The number of amides is 1. The van der Waals surface area contributed by atoms with Crippen LogP contribution in [0.5, 0.6) is 0 Å². The molecule has 1 aliphatic rings. The molecular weight excluding hydrogens is 429 g/mol. The number of carbonyl (C=O) groups is 1. The van der Waals surface area contributed by atoms with Crippen molar-refractivity contribution in [2.24, 2.45) is 0 Å². The highest BCUT2D eigenvalue weighted by atomic mass is 19.4. The molecule has 1 N–H and O–H groups in total. The third kappa shape index (κ3) is 5.17. The van der Waals surface area contributed by atoms with Gasteiger partial charge in [0.25, 0.3) is 5.91 Å². The summed E-state index contributed by atoms with van der Waals surface area (Å²) in [6.07, 6.45) is -4.60. The van der Waals surface area contributed by atoms with Crippen LogP contribution in [0.25, 0.3) is 11.3 Å². The van der Waals surface area contributed by atoms with E-state index in [-0.39, 0.29) is 11.3 Å². The van der Waals surface area contributed by atoms with E-state index in [1.807, 2.05) is 42.3 Å². The van der Waals surface area contributed by atoms with Crippen LogP contribution in [0.15, 0.2) is 60.7 Å². The molecule has 33 heavy (non-hydrogen) atoms. The summed E-state index contributed by atoms with van der Waals surface area (Å²) < 4.78 is 41.5. The molecule has 5 nitrogen and oxygen atoms in total. The number of aryl methyl sites for hydroxylation is 1. The third-order valence-electron chi connectivity index (χ3n) is 5.83. The lowest BCUT2D eigenvalue weighted by Crippen LogP contribution is -2.44. The molecular formula is C25H25F3N4O. The molecule has 1 saturated heterocycles. The van der Waals surface area contributed by atoms with E-state index in [9.17, 15) is 18.0 Å². The fourth-order valence-electron chi connectivity index (χ4n) is 3.90. The van der Waals surface area contributed by atoms with Gasteiger partial charge in [-0.15, -0.1) is 0 Å². The Labute approximate surface area is 190 Å². The van der Waals surface area contributed by atoms with Crippen molar-refractivity contribution in [1.29, 1.82) is 0 Å². The average molecular weight is 454 g/mol. The lowest BCUT2D eigenvalue weighted by atomic mass is 10.1. The Balaban J connectivity index is 1.58. The first-order chi connectivity index (χ1) is 15.7. The van der Waals surface area contributed by atoms with Crippen molar-refractivity contribution < 1.29 is 18.0 Å². The zero-order valence-corrected chi connectivity index (χ0v) is 18.5. The van der Waals surface area contributed by atoms with Gasteiger partial charge >= 0.3 is 6.18 Å². The van der Waals surface area contributed by atoms with Crippen LogP contribution < -0.4 is 10.2 Å². The van der Waals surface area contributed by atoms with Gasteiger partial charge in [-0.3, -0.25) is 9.78 Å². The van der Waals surface area contributed by atoms with Gasteiger partial charge in [-0.2, -0.15) is 13.2 Å². The first kappa shape index (κ1) is 22.8. The lowest BCUT2D eigenvalue weighted by Gasteiger charge is -2.34. The molecule has 1 fully saturated rings. The number of piperazine rings is 1. The van der Waals surface area contributed by atoms with Crippen LogP contribution in [0.2, 0.25) is 0 Å². The molecule has 1 amide bonds. The van der Waals surface area contributed by atoms with E-state index in [1.54, 1.807) is 25.1 Å². The topological polar surface area (TPSA) is 48.5 Å². The van der Waals surface area contributed by atoms with Gasteiger partial charge < -0.3 is 15.1 Å². The van der Waals surface area contributed by atoms with Gasteiger partial charge in [0, 0.05) is 37.4 Å². The smallest absolute Gasteiger partial charge is 0.369 e. The van der Waals surface area contributed by atoms with Gasteiger partial charge in [-0.1, -0.05) is 30.3 Å². The minimum atomic E-state index is -4.60. The molecule has 0 bridgehead atoms. The molecule has 0 atom stereocenters. The quantitative estimate of drug-likeness (QED) is 0.597. The maximum Gasteiger partial charge on any atom is 0.418 e. The summed E-state index contributed by atoms with van der Waals surface area (Å²) in [6, 6.07) is 16.8. The van der Waals surface area contributed by atoms with Crippen molar-refractivity contribution in [3.05, 3.63) is 77.5 Å². The molecule has 2 aromatic carbocycles. The second-order valence-electron chi connectivity index (χ2n) is 8.17. The van der Waals surface area contributed by atoms with Gasteiger partial charge in [-0.25, -0.2) is 0 Å². The van der Waals surface area contributed by atoms with Gasteiger partial charge in [0.05, 0.1) is 28.2 Å². The summed E-state index contributed by atoms with van der Waals surface area (Å²) in [4.78, 5) is 21.4. The van der Waals surface area contributed by atoms with Gasteiger partial charge in [0.15, 0.2) is 0 Å². The third-order valence-corrected chi connectivity index (χ3v) is 5.83. The Bertz CT molecular complexity index is 1140. The molecule has 172 valence electrons. The number of nitrogens with one attached hydrogen (secondary N) is 1. The van der Waals surface area contributed by atoms with E-state index in [4.69, 9.17) is 0 Å². The standard InChI is InChI=1S/C25H25F3N4O/c1-17-20(9-11-22(29-17)18-6-4-3-5-7-18)24(33)30-23-10-8-19(16-21(23)25(26,27)28)32-14-12-31(2)13-15-32/h3-11,16H,12-15H2,1-2H3,(H,30,33). The van der Waals surface area contributed by atoms with E-state index in [0.29, 0.717) is 30.2 Å². The highest BCUT2D eigenvalue weighted by Gasteiger charge is 2.35. The number of nitrogens with zero attached hydrogens (tertiary/aromatic N) is 3. The molecule has 3 aromatic rings. The van der Waals surface area contributed by atoms with Crippen molar-refractivity contribution in [3.8, 4) is 11.3 Å². The number of hydrogen-bond donors (Lipinski definition) is 1. The summed E-state index contributed by atoms with van der Waals surface area (Å²) in [6.45, 7) is 4.54. The zero-order chi connectivity index (χ0) is 23.6. The summed E-state index contributed by atoms with van der Waals surface area (Å²) >= 11 is 0. The summed E-state index contributed by atoms with van der Waals surface area (Å²) in [5.41, 5.74) is 1.63. The molecule has 0 unspecified atom stereocenters. The number of alkyl halides is 3. The van der Waals surface area contributed by atoms with Crippen molar-refractivity contribution in [2.45, 2.75) is 13.1 Å². The monoisotopic (exact) mass is 454 g/mol. The summed E-state index contributed by atoms with van der Waals surface area (Å²) in [7, 11) is 1.99. The maximum atomic E-state index is 13.8. The Morgan fingerprint density at radius 3 is 2.30 bits per heavy atom. The molecule has 0 saturated carbocycles. The molecule has 1 aromatic heterocycles. The Morgan fingerprint density at radius 2 is 1.67 bits per heavy atom. The second kappa shape index (κ2) is 9.23. The zero-order valence-electron chi connectivity index (χ0n) is 18.5. The number of hydrogen-bond acceptors (Lipinski definition) is 4. The number of likely N-dealkylation sites (N-methyl/N-ethyl adjacent to an activating group) is 1. The van der Waals surface area contributed by atoms with Crippen LogP contribution >= 0.6 is 0 Å². The molecule has 1 aliphatic heterocycles. The number of benzene rings is 2. The van der Waals surface area contributed by atoms with Crippen molar-refractivity contribution >= 4 is 17.3 Å². The van der Waals surface area contributed by atoms with Crippen LogP contribution in [-0.2, 0) is 6.18 Å². The van der Waals surface area contributed by atoms with Crippen LogP contribution in [0, 0.1) is 6.92 Å². The van der Waals surface area contributed by atoms with Crippen molar-refractivity contribution in [3.63, 3.8) is 0 Å². The number of halogens is 3. The molecule has 4 rings (SSSR count). The maximum absolute atomic E-state index is 13.8. The summed E-state index contributed by atoms with van der Waals surface area (Å²) in [5.74, 6) is -0.627. The van der Waals surface area contributed by atoms with Crippen LogP contribution in [0.4, 0.5) is 24.5 Å². The predicted molar refractivity (Wildman–Crippen MR) is 124 cm³/mol. The minimum absolute atomic E-state index is 0.228. The Morgan fingerprint density at radius 1 is 0.970 bits per heavy atom. The minimum Gasteiger partial charge on any atom is -0.369 e. The van der Waals surface area contributed by atoms with E-state index in [2.05, 4.69) is 15.2 Å². The number of pyridine rings is 1. The first-order valence-electron chi connectivity index (χ1n) is 10.7. The predicted octanol–water partition coefficient (Wildman–Crippen LogP) is 5.08. The van der Waals surface area contributed by atoms with Crippen molar-refractivity contribution in [2.75, 3.05) is 43.4 Å². The Hall–Kier alpha value is -3.39. The second-order valence-corrected chi connectivity index (χ2v) is 8.17. The number of rotatable bonds is 4. The van der Waals surface area contributed by atoms with Crippen LogP contribution in [-0.4, -0.2) is 49.0 Å².